The Morgan fingerprint density at radius 1 is 0.857 bits per heavy atom. The minimum Gasteiger partial charge on any atom is -0.349 e. The van der Waals surface area contributed by atoms with Gasteiger partial charge in [-0.1, -0.05) is 84.4 Å². The second-order valence-corrected chi connectivity index (χ2v) is 9.44. The van der Waals surface area contributed by atoms with Crippen molar-refractivity contribution in [1.82, 2.24) is 15.1 Å². The number of benzene rings is 4. The molecule has 1 amide bonds. The normalized spacial score (nSPS) is 13.5. The summed E-state index contributed by atoms with van der Waals surface area (Å²) in [4.78, 5) is 13.3. The summed E-state index contributed by atoms with van der Waals surface area (Å²) < 4.78 is 1.88. The van der Waals surface area contributed by atoms with Gasteiger partial charge >= 0.3 is 0 Å². The first-order chi connectivity index (χ1) is 17.2. The lowest BCUT2D eigenvalue weighted by molar-refractivity contribution is 0.0917. The molecule has 1 aromatic heterocycles. The van der Waals surface area contributed by atoms with Gasteiger partial charge in [0.1, 0.15) is 0 Å². The maximum absolute atomic E-state index is 13.3. The quantitative estimate of drug-likeness (QED) is 0.289. The third-order valence-corrected chi connectivity index (χ3v) is 7.00. The van der Waals surface area contributed by atoms with Crippen molar-refractivity contribution in [3.05, 3.63) is 108 Å². The minimum atomic E-state index is -0.0774. The molecule has 1 saturated carbocycles. The summed E-state index contributed by atoms with van der Waals surface area (Å²) in [6, 6.07) is 30.7. The molecule has 35 heavy (non-hydrogen) atoms. The van der Waals surface area contributed by atoms with Crippen LogP contribution in [0.2, 0.25) is 5.02 Å². The predicted octanol–water partition coefficient (Wildman–Crippen LogP) is 7.30. The molecule has 1 N–H and O–H groups in total. The van der Waals surface area contributed by atoms with Crippen LogP contribution in [0.15, 0.2) is 97.2 Å². The SMILES string of the molecule is O=C(NC1CCC1)c1cnn(-c2cccc3cc(Cl)ccc23)c1-c1ccc(-c2ccccc2)cc1. The second-order valence-electron chi connectivity index (χ2n) is 9.01. The van der Waals surface area contributed by atoms with E-state index in [1.54, 1.807) is 6.20 Å². The highest BCUT2D eigenvalue weighted by Gasteiger charge is 2.25. The van der Waals surface area contributed by atoms with Crippen LogP contribution in [0.4, 0.5) is 0 Å². The third kappa shape index (κ3) is 4.11. The Balaban J connectivity index is 1.49. The van der Waals surface area contributed by atoms with Crippen molar-refractivity contribution in [3.8, 4) is 28.1 Å². The number of halogens is 1. The van der Waals surface area contributed by atoms with Crippen LogP contribution >= 0.6 is 11.6 Å². The predicted molar refractivity (Wildman–Crippen MR) is 142 cm³/mol. The van der Waals surface area contributed by atoms with Crippen LogP contribution in [0.1, 0.15) is 29.6 Å². The Morgan fingerprint density at radius 3 is 2.34 bits per heavy atom. The number of fused-ring (bicyclic) bond motifs is 1. The molecule has 0 aliphatic heterocycles. The number of carbonyl (C=O) groups excluding carboxylic acids is 1. The van der Waals surface area contributed by atoms with Gasteiger partial charge < -0.3 is 5.32 Å². The molecule has 1 aliphatic carbocycles. The maximum Gasteiger partial charge on any atom is 0.255 e. The number of hydrogen-bond donors (Lipinski definition) is 1. The van der Waals surface area contributed by atoms with Gasteiger partial charge in [0.2, 0.25) is 0 Å². The Morgan fingerprint density at radius 2 is 1.60 bits per heavy atom. The van der Waals surface area contributed by atoms with E-state index in [9.17, 15) is 4.79 Å². The molecule has 0 atom stereocenters. The number of nitrogens with one attached hydrogen (secondary N) is 1. The first-order valence-electron chi connectivity index (χ1n) is 11.9. The second kappa shape index (κ2) is 9.05. The smallest absolute Gasteiger partial charge is 0.255 e. The maximum atomic E-state index is 13.3. The van der Waals surface area contributed by atoms with Gasteiger partial charge in [-0.05, 0) is 54.0 Å². The van der Waals surface area contributed by atoms with Crippen molar-refractivity contribution in [2.24, 2.45) is 0 Å². The number of hydrogen-bond acceptors (Lipinski definition) is 2. The van der Waals surface area contributed by atoms with Gasteiger partial charge in [0.25, 0.3) is 5.91 Å². The van der Waals surface area contributed by atoms with Gasteiger partial charge in [-0.25, -0.2) is 4.68 Å². The number of rotatable bonds is 5. The van der Waals surface area contributed by atoms with Crippen molar-refractivity contribution in [2.75, 3.05) is 0 Å². The molecule has 0 radical (unpaired) electrons. The summed E-state index contributed by atoms with van der Waals surface area (Å²) in [7, 11) is 0. The van der Waals surface area contributed by atoms with Crippen molar-refractivity contribution in [2.45, 2.75) is 25.3 Å². The first-order valence-corrected chi connectivity index (χ1v) is 12.3. The van der Waals surface area contributed by atoms with Crippen molar-refractivity contribution in [3.63, 3.8) is 0 Å². The van der Waals surface area contributed by atoms with Gasteiger partial charge in [0.15, 0.2) is 0 Å². The van der Waals surface area contributed by atoms with Crippen LogP contribution in [0.25, 0.3) is 38.8 Å². The summed E-state index contributed by atoms with van der Waals surface area (Å²) in [5, 5.41) is 10.6. The van der Waals surface area contributed by atoms with Crippen LogP contribution < -0.4 is 5.32 Å². The average molecular weight is 478 g/mol. The highest BCUT2D eigenvalue weighted by Crippen LogP contribution is 2.33. The molecular weight excluding hydrogens is 454 g/mol. The minimum absolute atomic E-state index is 0.0774. The van der Waals surface area contributed by atoms with E-state index < -0.39 is 0 Å². The first kappa shape index (κ1) is 21.6. The zero-order valence-corrected chi connectivity index (χ0v) is 19.9. The Labute approximate surface area is 209 Å². The molecule has 5 heteroatoms. The van der Waals surface area contributed by atoms with Gasteiger partial charge in [0, 0.05) is 22.0 Å². The lowest BCUT2D eigenvalue weighted by Gasteiger charge is -2.26. The molecule has 5 aromatic rings. The monoisotopic (exact) mass is 477 g/mol. The molecule has 4 nitrogen and oxygen atoms in total. The molecule has 0 bridgehead atoms. The highest BCUT2D eigenvalue weighted by molar-refractivity contribution is 6.31. The van der Waals surface area contributed by atoms with Crippen LogP contribution in [0, 0.1) is 0 Å². The molecule has 172 valence electrons. The molecule has 4 aromatic carbocycles. The van der Waals surface area contributed by atoms with E-state index >= 15 is 0 Å². The highest BCUT2D eigenvalue weighted by atomic mass is 35.5. The average Bonchev–Trinajstić information content (AvgIpc) is 3.31. The molecule has 1 aliphatic rings. The lowest BCUT2D eigenvalue weighted by atomic mass is 9.93. The molecular formula is C30H24ClN3O. The van der Waals surface area contributed by atoms with E-state index in [1.165, 1.54) is 0 Å². The van der Waals surface area contributed by atoms with Crippen LogP contribution in [0.3, 0.4) is 0 Å². The fraction of sp³-hybridized carbons (Fsp3) is 0.133. The molecule has 0 unspecified atom stereocenters. The third-order valence-electron chi connectivity index (χ3n) is 6.77. The number of nitrogens with zero attached hydrogens (tertiary/aromatic N) is 2. The van der Waals surface area contributed by atoms with Gasteiger partial charge in [-0.15, -0.1) is 0 Å². The van der Waals surface area contributed by atoms with Crippen LogP contribution in [-0.2, 0) is 0 Å². The fourth-order valence-corrected chi connectivity index (χ4v) is 4.84. The summed E-state index contributed by atoms with van der Waals surface area (Å²) in [6.45, 7) is 0. The van der Waals surface area contributed by atoms with E-state index in [2.05, 4.69) is 41.7 Å². The molecule has 0 saturated heterocycles. The van der Waals surface area contributed by atoms with Gasteiger partial charge in [-0.2, -0.15) is 5.10 Å². The Kier molecular flexibility index (Phi) is 5.59. The summed E-state index contributed by atoms with van der Waals surface area (Å²) in [5.41, 5.74) is 5.48. The summed E-state index contributed by atoms with van der Waals surface area (Å²) in [5.74, 6) is -0.0774. The van der Waals surface area contributed by atoms with E-state index in [0.717, 1.165) is 58.1 Å². The topological polar surface area (TPSA) is 46.9 Å². The van der Waals surface area contributed by atoms with E-state index in [0.29, 0.717) is 10.6 Å². The Bertz CT molecular complexity index is 1520. The zero-order valence-electron chi connectivity index (χ0n) is 19.1. The van der Waals surface area contributed by atoms with Crippen molar-refractivity contribution >= 4 is 28.3 Å². The van der Waals surface area contributed by atoms with Crippen molar-refractivity contribution < 1.29 is 4.79 Å². The fourth-order valence-electron chi connectivity index (χ4n) is 4.66. The number of aromatic nitrogens is 2. The lowest BCUT2D eigenvalue weighted by Crippen LogP contribution is -2.39. The van der Waals surface area contributed by atoms with E-state index in [1.807, 2.05) is 59.3 Å². The summed E-state index contributed by atoms with van der Waals surface area (Å²) >= 11 is 6.25. The molecule has 1 heterocycles. The standard InChI is InChI=1S/C30H24ClN3O/c31-24-16-17-26-23(18-24)8-4-11-28(26)34-29(27(19-32-34)30(35)33-25-9-5-10-25)22-14-12-21(13-15-22)20-6-2-1-3-7-20/h1-4,6-8,11-19,25H,5,9-10H2,(H,33,35). The largest absolute Gasteiger partial charge is 0.349 e. The molecule has 1 fully saturated rings. The number of amides is 1. The van der Waals surface area contributed by atoms with Crippen molar-refractivity contribution in [1.29, 1.82) is 0 Å². The zero-order chi connectivity index (χ0) is 23.8. The van der Waals surface area contributed by atoms with Gasteiger partial charge in [0.05, 0.1) is 23.1 Å². The molecule has 6 rings (SSSR count). The van der Waals surface area contributed by atoms with E-state index in [4.69, 9.17) is 16.7 Å². The van der Waals surface area contributed by atoms with Crippen LogP contribution in [-0.4, -0.2) is 21.7 Å². The van der Waals surface area contributed by atoms with Crippen LogP contribution in [0.5, 0.6) is 0 Å². The summed E-state index contributed by atoms with van der Waals surface area (Å²) in [6.07, 6.45) is 4.91. The van der Waals surface area contributed by atoms with Gasteiger partial charge in [-0.3, -0.25) is 4.79 Å². The molecule has 0 spiro atoms. The Hall–Kier alpha value is -3.89. The van der Waals surface area contributed by atoms with E-state index in [-0.39, 0.29) is 11.9 Å². The number of carbonyl (C=O) groups is 1.